The largest absolute Gasteiger partial charge is 0.480 e. The molecule has 6 amide bonds. The van der Waals surface area contributed by atoms with Crippen LogP contribution in [-0.2, 0) is 80.5 Å². The van der Waals surface area contributed by atoms with Gasteiger partial charge < -0.3 is 50.8 Å². The van der Waals surface area contributed by atoms with Crippen molar-refractivity contribution >= 4 is 47.4 Å². The maximum atomic E-state index is 14.0. The fourth-order valence-corrected chi connectivity index (χ4v) is 10.8. The standard InChI is InChI=1S/C57H77F2N13O12/c1-39-11-13-40(14-12-39)6-4-10-49(73)61-15-3-2-9-47(63-50(74)34-67-17-19-68(35-52(76)77)21-22-69(20-18-67)36-53(78)79)55(81)62-16-23-83-24-25-84-37-44-32-71(66-65-44)31-42-8-5-7-41-30-70(33-46(41)42)51(75)27-43-26-48(64-54(43)80)56(82)72-38-57(58,59)28-45(72)29-60/h5,7-8,11-14,32,43,45,47-48H,2-4,6,9-10,15-28,30-31,33-38H2,1H3,(H,61,73)(H,62,81)(H,63,74)(H,64,80)(H,76,77)(H,78,79)/t43-,45-,47?,48-/m0/s1. The first-order valence-corrected chi connectivity index (χ1v) is 28.6. The number of benzene rings is 2. The third-order valence-corrected chi connectivity index (χ3v) is 15.3. The molecule has 0 saturated carbocycles. The molecular formula is C57H77F2N13O12. The number of fused-ring (bicyclic) bond motifs is 1. The summed E-state index contributed by atoms with van der Waals surface area (Å²) in [5, 5.41) is 47.9. The zero-order valence-electron chi connectivity index (χ0n) is 47.5. The predicted molar refractivity (Wildman–Crippen MR) is 296 cm³/mol. The summed E-state index contributed by atoms with van der Waals surface area (Å²) in [4.78, 5) is 110. The van der Waals surface area contributed by atoms with E-state index >= 15 is 0 Å². The van der Waals surface area contributed by atoms with E-state index in [0.717, 1.165) is 28.0 Å². The zero-order valence-corrected chi connectivity index (χ0v) is 47.5. The molecule has 5 heterocycles. The minimum Gasteiger partial charge on any atom is -0.480 e. The number of unbranched alkanes of at least 4 members (excludes halogenated alkanes) is 1. The summed E-state index contributed by atoms with van der Waals surface area (Å²) in [5.41, 5.74) is 5.68. The van der Waals surface area contributed by atoms with E-state index in [-0.39, 0.29) is 90.2 Å². The number of hydrogen-bond donors (Lipinski definition) is 6. The van der Waals surface area contributed by atoms with Gasteiger partial charge in [-0.2, -0.15) is 5.26 Å². The third kappa shape index (κ3) is 20.1. The highest BCUT2D eigenvalue weighted by Gasteiger charge is 2.50. The maximum absolute atomic E-state index is 14.0. The molecule has 0 bridgehead atoms. The number of carbonyl (C=O) groups is 8. The lowest BCUT2D eigenvalue weighted by Gasteiger charge is -2.26. The van der Waals surface area contributed by atoms with Crippen molar-refractivity contribution in [2.75, 3.05) is 98.4 Å². The molecule has 3 aromatic rings. The van der Waals surface area contributed by atoms with E-state index in [4.69, 9.17) is 9.47 Å². The number of nitrogens with zero attached hydrogens (tertiary/aromatic N) is 9. The van der Waals surface area contributed by atoms with E-state index in [1.54, 1.807) is 31.6 Å². The van der Waals surface area contributed by atoms with E-state index in [0.29, 0.717) is 90.3 Å². The quantitative estimate of drug-likeness (QED) is 0.0500. The number of ether oxygens (including phenoxy) is 2. The number of likely N-dealkylation sites (tertiary alicyclic amines) is 1. The van der Waals surface area contributed by atoms with E-state index < -0.39 is 78.5 Å². The summed E-state index contributed by atoms with van der Waals surface area (Å²) in [7, 11) is 0. The van der Waals surface area contributed by atoms with Crippen LogP contribution < -0.4 is 21.3 Å². The molecule has 4 aliphatic heterocycles. The first-order chi connectivity index (χ1) is 40.3. The Hall–Kier alpha value is -7.51. The van der Waals surface area contributed by atoms with Gasteiger partial charge in [0.1, 0.15) is 23.8 Å². The van der Waals surface area contributed by atoms with Crippen LogP contribution in [0, 0.1) is 24.2 Å². The second-order valence-corrected chi connectivity index (χ2v) is 22.0. The van der Waals surface area contributed by atoms with E-state index in [2.05, 4.69) is 43.7 Å². The molecule has 456 valence electrons. The Morgan fingerprint density at radius 1 is 0.845 bits per heavy atom. The second kappa shape index (κ2) is 31.4. The highest BCUT2D eigenvalue weighted by molar-refractivity contribution is 5.95. The summed E-state index contributed by atoms with van der Waals surface area (Å²) < 4.78 is 41.2. The SMILES string of the molecule is Cc1ccc(CCCC(=O)NCCCCC(NC(=O)CN2CCN(CC(=O)O)CCN(CC(=O)O)CC2)C(=O)NCCOCCOCc2cn(Cc3cccc4c3CN(C(=O)C[C@@H]3C[C@@H](C(=O)N5CC(F)(F)C[C@H]5C#N)NC3=O)C4)nn2)cc1. The highest BCUT2D eigenvalue weighted by atomic mass is 19.3. The minimum atomic E-state index is -3.20. The lowest BCUT2D eigenvalue weighted by atomic mass is 9.99. The van der Waals surface area contributed by atoms with Gasteiger partial charge in [-0.15, -0.1) is 5.10 Å². The molecule has 3 saturated heterocycles. The van der Waals surface area contributed by atoms with Crippen LogP contribution in [-0.4, -0.2) is 219 Å². The van der Waals surface area contributed by atoms with Crippen molar-refractivity contribution < 1.29 is 66.8 Å². The van der Waals surface area contributed by atoms with Gasteiger partial charge in [-0.05, 0) is 67.7 Å². The normalized spacial score (nSPS) is 19.5. The van der Waals surface area contributed by atoms with E-state index in [1.165, 1.54) is 11.1 Å². The summed E-state index contributed by atoms with van der Waals surface area (Å²) in [6, 6.07) is 12.4. The van der Waals surface area contributed by atoms with Crippen molar-refractivity contribution in [2.24, 2.45) is 5.92 Å². The lowest BCUT2D eigenvalue weighted by molar-refractivity contribution is -0.140. The number of halogens is 2. The molecule has 27 heteroatoms. The number of hydrogen-bond acceptors (Lipinski definition) is 16. The molecule has 0 radical (unpaired) electrons. The molecule has 1 unspecified atom stereocenters. The molecule has 6 N–H and O–H groups in total. The summed E-state index contributed by atoms with van der Waals surface area (Å²) in [5.74, 6) is -8.54. The van der Waals surface area contributed by atoms with E-state index in [9.17, 15) is 62.6 Å². The zero-order chi connectivity index (χ0) is 60.2. The number of carboxylic acid groups (broad SMARTS) is 2. The van der Waals surface area contributed by atoms with Gasteiger partial charge in [0.25, 0.3) is 5.92 Å². The predicted octanol–water partition coefficient (Wildman–Crippen LogP) is 0.664. The number of carbonyl (C=O) groups excluding carboxylic acids is 6. The van der Waals surface area contributed by atoms with Gasteiger partial charge in [-0.25, -0.2) is 13.5 Å². The van der Waals surface area contributed by atoms with Gasteiger partial charge in [0.05, 0.1) is 71.4 Å². The molecule has 4 atom stereocenters. The van der Waals surface area contributed by atoms with Crippen LogP contribution in [0.4, 0.5) is 8.78 Å². The Bertz CT molecular complexity index is 2790. The Labute approximate surface area is 486 Å². The van der Waals surface area contributed by atoms with E-state index in [1.807, 2.05) is 42.2 Å². The van der Waals surface area contributed by atoms with Gasteiger partial charge in [0.2, 0.25) is 35.4 Å². The van der Waals surface area contributed by atoms with Crippen LogP contribution in [0.1, 0.15) is 84.9 Å². The number of aromatic nitrogens is 3. The van der Waals surface area contributed by atoms with Gasteiger partial charge >= 0.3 is 11.9 Å². The van der Waals surface area contributed by atoms with Crippen LogP contribution in [0.2, 0.25) is 0 Å². The van der Waals surface area contributed by atoms with Crippen molar-refractivity contribution in [3.05, 3.63) is 82.2 Å². The van der Waals surface area contributed by atoms with Gasteiger partial charge in [-0.3, -0.25) is 53.1 Å². The van der Waals surface area contributed by atoms with Crippen LogP contribution in [0.25, 0.3) is 0 Å². The molecule has 7 rings (SSSR count). The Morgan fingerprint density at radius 2 is 1.54 bits per heavy atom. The van der Waals surface area contributed by atoms with Gasteiger partial charge in [-0.1, -0.05) is 53.2 Å². The number of aliphatic carboxylic acids is 2. The molecule has 25 nitrogen and oxygen atoms in total. The van der Waals surface area contributed by atoms with Crippen LogP contribution in [0.15, 0.2) is 48.7 Å². The molecule has 3 fully saturated rings. The second-order valence-electron chi connectivity index (χ2n) is 22.0. The number of nitriles is 1. The van der Waals surface area contributed by atoms with Crippen LogP contribution in [0.5, 0.6) is 0 Å². The number of rotatable bonds is 30. The Morgan fingerprint density at radius 3 is 2.23 bits per heavy atom. The number of carboxylic acids is 2. The first-order valence-electron chi connectivity index (χ1n) is 28.6. The average molecular weight is 1170 g/mol. The molecule has 84 heavy (non-hydrogen) atoms. The summed E-state index contributed by atoms with van der Waals surface area (Å²) >= 11 is 0. The average Bonchev–Trinajstić information content (AvgIpc) is 4.47. The summed E-state index contributed by atoms with van der Waals surface area (Å²) in [6.07, 6.45) is 4.01. The minimum absolute atomic E-state index is 0.0424. The third-order valence-electron chi connectivity index (χ3n) is 15.3. The van der Waals surface area contributed by atoms with Gasteiger partial charge in [0, 0.05) is 90.6 Å². The lowest BCUT2D eigenvalue weighted by Crippen LogP contribution is -2.51. The smallest absolute Gasteiger partial charge is 0.317 e. The fourth-order valence-electron chi connectivity index (χ4n) is 10.8. The maximum Gasteiger partial charge on any atom is 0.317 e. The molecular weight excluding hydrogens is 1100 g/mol. The Kier molecular flexibility index (Phi) is 23.9. The van der Waals surface area contributed by atoms with Crippen molar-refractivity contribution in [1.82, 2.24) is 60.8 Å². The van der Waals surface area contributed by atoms with Crippen LogP contribution in [0.3, 0.4) is 0 Å². The Balaban J connectivity index is 0.815. The van der Waals surface area contributed by atoms with Crippen molar-refractivity contribution in [2.45, 2.75) is 115 Å². The molecule has 4 aliphatic rings. The highest BCUT2D eigenvalue weighted by Crippen LogP contribution is 2.34. The van der Waals surface area contributed by atoms with Gasteiger partial charge in [0.15, 0.2) is 0 Å². The fraction of sp³-hybridized carbons (Fsp3) is 0.596. The van der Waals surface area contributed by atoms with Crippen molar-refractivity contribution in [1.29, 1.82) is 5.26 Å². The summed E-state index contributed by atoms with van der Waals surface area (Å²) in [6.45, 7) is 4.80. The van der Waals surface area contributed by atoms with Crippen LogP contribution >= 0.6 is 0 Å². The number of aryl methyl sites for hydroxylation is 2. The molecule has 1 aromatic heterocycles. The number of nitrogens with one attached hydrogen (secondary N) is 4. The molecule has 0 spiro atoms. The van der Waals surface area contributed by atoms with Crippen molar-refractivity contribution in [3.63, 3.8) is 0 Å². The molecule has 2 aromatic carbocycles. The first kappa shape index (κ1) is 64.1. The topological polar surface area (TPSA) is 314 Å². The number of amides is 6. The molecule has 0 aliphatic carbocycles. The number of alkyl halides is 2. The monoisotopic (exact) mass is 1170 g/mol. The van der Waals surface area contributed by atoms with Crippen molar-refractivity contribution in [3.8, 4) is 6.07 Å².